The molecule has 0 radical (unpaired) electrons. The second-order valence-corrected chi connectivity index (χ2v) is 11.6. The lowest BCUT2D eigenvalue weighted by molar-refractivity contribution is 0.303. The van der Waals surface area contributed by atoms with Crippen molar-refractivity contribution < 1.29 is 0 Å². The molecule has 0 saturated heterocycles. The quantitative estimate of drug-likeness (QED) is 0.300. The smallest absolute Gasteiger partial charge is 0.0621 e. The van der Waals surface area contributed by atoms with Crippen LogP contribution >= 0.6 is 0 Å². The highest BCUT2D eigenvalue weighted by Gasteiger charge is 2.23. The minimum atomic E-state index is 0.727. The summed E-state index contributed by atoms with van der Waals surface area (Å²) in [6, 6.07) is 21.3. The van der Waals surface area contributed by atoms with E-state index in [1.807, 2.05) is 0 Å². The Morgan fingerprint density at radius 2 is 1.03 bits per heavy atom. The van der Waals surface area contributed by atoms with Crippen LogP contribution in [-0.4, -0.2) is 0 Å². The van der Waals surface area contributed by atoms with Gasteiger partial charge in [-0.2, -0.15) is 5.26 Å². The first-order chi connectivity index (χ1) is 17.3. The summed E-state index contributed by atoms with van der Waals surface area (Å²) in [5.74, 6) is 3.38. The molecule has 0 amide bonds. The summed E-state index contributed by atoms with van der Waals surface area (Å²) in [5, 5.41) is 8.71. The van der Waals surface area contributed by atoms with Crippen molar-refractivity contribution >= 4 is 0 Å². The van der Waals surface area contributed by atoms with Crippen molar-refractivity contribution in [2.75, 3.05) is 0 Å². The molecule has 2 aromatic rings. The van der Waals surface area contributed by atoms with Crippen LogP contribution in [0, 0.1) is 23.2 Å². The SMILES string of the molecule is CCCCCC1CCC(c2ccc(-c3ccc(C4CCC(CCCCC#N)CC4)cc3)cc2)CC1. The highest BCUT2D eigenvalue weighted by Crippen LogP contribution is 2.40. The lowest BCUT2D eigenvalue weighted by Gasteiger charge is -2.29. The monoisotopic (exact) mass is 469 g/mol. The van der Waals surface area contributed by atoms with Crippen LogP contribution in [-0.2, 0) is 0 Å². The van der Waals surface area contributed by atoms with Crippen molar-refractivity contribution in [2.24, 2.45) is 11.8 Å². The summed E-state index contributed by atoms with van der Waals surface area (Å²) in [5.41, 5.74) is 5.80. The van der Waals surface area contributed by atoms with Crippen LogP contribution in [0.2, 0.25) is 0 Å². The summed E-state index contributed by atoms with van der Waals surface area (Å²) in [7, 11) is 0. The fourth-order valence-corrected chi connectivity index (χ4v) is 6.78. The predicted molar refractivity (Wildman–Crippen MR) is 149 cm³/mol. The van der Waals surface area contributed by atoms with Crippen molar-refractivity contribution in [3.05, 3.63) is 59.7 Å². The number of nitriles is 1. The molecule has 0 aliphatic heterocycles. The minimum absolute atomic E-state index is 0.727. The predicted octanol–water partition coefficient (Wildman–Crippen LogP) is 10.6. The minimum Gasteiger partial charge on any atom is -0.198 e. The summed E-state index contributed by atoms with van der Waals surface area (Å²) in [4.78, 5) is 0. The molecule has 0 aromatic heterocycles. The van der Waals surface area contributed by atoms with Gasteiger partial charge < -0.3 is 0 Å². The Hall–Kier alpha value is -2.07. The maximum Gasteiger partial charge on any atom is 0.0621 e. The standard InChI is InChI=1S/C34H47N/c1-2-3-5-8-27-10-14-29(15-11-27)31-18-22-33(23-19-31)34-24-20-32(21-25-34)30-16-12-28(13-17-30)9-6-4-7-26-35/h18-25,27-30H,2-17H2,1H3. The molecular weight excluding hydrogens is 422 g/mol. The van der Waals surface area contributed by atoms with E-state index in [4.69, 9.17) is 5.26 Å². The molecule has 2 fully saturated rings. The lowest BCUT2D eigenvalue weighted by atomic mass is 9.76. The Morgan fingerprint density at radius 1 is 0.600 bits per heavy atom. The van der Waals surface area contributed by atoms with Gasteiger partial charge in [-0.25, -0.2) is 0 Å². The van der Waals surface area contributed by atoms with Crippen molar-refractivity contribution in [3.63, 3.8) is 0 Å². The molecule has 4 rings (SSSR count). The summed E-state index contributed by atoms with van der Waals surface area (Å²) < 4.78 is 0. The van der Waals surface area contributed by atoms with Gasteiger partial charge in [0.15, 0.2) is 0 Å². The fraction of sp³-hybridized carbons (Fsp3) is 0.618. The summed E-state index contributed by atoms with van der Waals surface area (Å²) >= 11 is 0. The van der Waals surface area contributed by atoms with Gasteiger partial charge in [0.2, 0.25) is 0 Å². The van der Waals surface area contributed by atoms with Gasteiger partial charge in [0.05, 0.1) is 6.07 Å². The topological polar surface area (TPSA) is 23.8 Å². The number of rotatable bonds is 11. The number of benzene rings is 2. The van der Waals surface area contributed by atoms with E-state index < -0.39 is 0 Å². The van der Waals surface area contributed by atoms with Gasteiger partial charge in [-0.15, -0.1) is 0 Å². The number of hydrogen-bond donors (Lipinski definition) is 0. The first-order valence-electron chi connectivity index (χ1n) is 14.8. The van der Waals surface area contributed by atoms with Gasteiger partial charge in [0, 0.05) is 6.42 Å². The normalized spacial score (nSPS) is 24.7. The van der Waals surface area contributed by atoms with Crippen molar-refractivity contribution in [3.8, 4) is 17.2 Å². The lowest BCUT2D eigenvalue weighted by Crippen LogP contribution is -2.13. The number of unbranched alkanes of at least 4 members (excludes halogenated alkanes) is 4. The van der Waals surface area contributed by atoms with Crippen LogP contribution < -0.4 is 0 Å². The Morgan fingerprint density at radius 3 is 1.43 bits per heavy atom. The summed E-state index contributed by atoms with van der Waals surface area (Å²) in [6.07, 6.45) is 21.0. The van der Waals surface area contributed by atoms with E-state index in [1.165, 1.54) is 107 Å². The molecule has 0 spiro atoms. The Labute approximate surface area is 215 Å². The van der Waals surface area contributed by atoms with E-state index in [-0.39, 0.29) is 0 Å². The molecule has 2 aliphatic rings. The third-order valence-electron chi connectivity index (χ3n) is 9.16. The molecule has 188 valence electrons. The van der Waals surface area contributed by atoms with E-state index in [1.54, 1.807) is 5.56 Å². The van der Waals surface area contributed by atoms with Gasteiger partial charge in [0.25, 0.3) is 0 Å². The molecule has 0 unspecified atom stereocenters. The van der Waals surface area contributed by atoms with Gasteiger partial charge in [-0.3, -0.25) is 0 Å². The van der Waals surface area contributed by atoms with E-state index in [2.05, 4.69) is 61.5 Å². The van der Waals surface area contributed by atoms with Crippen molar-refractivity contribution in [1.82, 2.24) is 0 Å². The summed E-state index contributed by atoms with van der Waals surface area (Å²) in [6.45, 7) is 2.31. The van der Waals surface area contributed by atoms with Crippen LogP contribution in [0.1, 0.15) is 133 Å². The molecular formula is C34H47N. The Kier molecular flexibility index (Phi) is 10.3. The van der Waals surface area contributed by atoms with Crippen LogP contribution in [0.25, 0.3) is 11.1 Å². The molecule has 1 heteroatoms. The second kappa shape index (κ2) is 13.9. The van der Waals surface area contributed by atoms with E-state index in [0.29, 0.717) is 0 Å². The number of nitrogens with zero attached hydrogens (tertiary/aromatic N) is 1. The molecule has 2 aromatic carbocycles. The second-order valence-electron chi connectivity index (χ2n) is 11.6. The zero-order valence-electron chi connectivity index (χ0n) is 22.2. The first kappa shape index (κ1) is 26.0. The van der Waals surface area contributed by atoms with Gasteiger partial charge >= 0.3 is 0 Å². The maximum absolute atomic E-state index is 8.71. The van der Waals surface area contributed by atoms with Gasteiger partial charge in [0.1, 0.15) is 0 Å². The zero-order valence-corrected chi connectivity index (χ0v) is 22.2. The van der Waals surface area contributed by atoms with E-state index in [9.17, 15) is 0 Å². The first-order valence-corrected chi connectivity index (χ1v) is 14.8. The third kappa shape index (κ3) is 7.70. The van der Waals surface area contributed by atoms with Crippen LogP contribution in [0.5, 0.6) is 0 Å². The van der Waals surface area contributed by atoms with E-state index >= 15 is 0 Å². The van der Waals surface area contributed by atoms with E-state index in [0.717, 1.165) is 36.5 Å². The largest absolute Gasteiger partial charge is 0.198 e. The van der Waals surface area contributed by atoms with Crippen LogP contribution in [0.15, 0.2) is 48.5 Å². The third-order valence-corrected chi connectivity index (χ3v) is 9.16. The Bertz CT molecular complexity index is 887. The molecule has 35 heavy (non-hydrogen) atoms. The molecule has 0 bridgehead atoms. The molecule has 1 nitrogen and oxygen atoms in total. The average Bonchev–Trinajstić information content (AvgIpc) is 2.92. The highest BCUT2D eigenvalue weighted by molar-refractivity contribution is 5.64. The fourth-order valence-electron chi connectivity index (χ4n) is 6.78. The van der Waals surface area contributed by atoms with Crippen LogP contribution in [0.3, 0.4) is 0 Å². The van der Waals surface area contributed by atoms with Crippen molar-refractivity contribution in [1.29, 1.82) is 5.26 Å². The Balaban J connectivity index is 1.24. The van der Waals surface area contributed by atoms with Gasteiger partial charge in [-0.05, 0) is 104 Å². The highest BCUT2D eigenvalue weighted by atomic mass is 14.3. The molecule has 0 atom stereocenters. The molecule has 0 N–H and O–H groups in total. The molecule has 2 saturated carbocycles. The average molecular weight is 470 g/mol. The maximum atomic E-state index is 8.71. The number of hydrogen-bond acceptors (Lipinski definition) is 1. The zero-order chi connectivity index (χ0) is 24.3. The van der Waals surface area contributed by atoms with Crippen molar-refractivity contribution in [2.45, 2.75) is 121 Å². The molecule has 0 heterocycles. The van der Waals surface area contributed by atoms with Crippen LogP contribution in [0.4, 0.5) is 0 Å². The van der Waals surface area contributed by atoms with Gasteiger partial charge in [-0.1, -0.05) is 94.0 Å². The molecule has 2 aliphatic carbocycles.